The van der Waals surface area contributed by atoms with E-state index in [2.05, 4.69) is 27.0 Å². The number of rotatable bonds is 2. The van der Waals surface area contributed by atoms with Crippen molar-refractivity contribution in [1.82, 2.24) is 4.98 Å². The molecule has 0 unspecified atom stereocenters. The Morgan fingerprint density at radius 1 is 1.25 bits per heavy atom. The predicted molar refractivity (Wildman–Crippen MR) is 68.7 cm³/mol. The predicted octanol–water partition coefficient (Wildman–Crippen LogP) is 3.83. The minimum absolute atomic E-state index is 0.833. The van der Waals surface area contributed by atoms with Crippen LogP contribution in [-0.4, -0.2) is 12.1 Å². The number of halogens is 1. The SMILES string of the molecule is COc1ccccc1-c1ncc(C)cc1Br. The van der Waals surface area contributed by atoms with Crippen LogP contribution in [0.2, 0.25) is 0 Å². The molecule has 0 N–H and O–H groups in total. The molecule has 0 saturated heterocycles. The van der Waals surface area contributed by atoms with Crippen LogP contribution in [0.4, 0.5) is 0 Å². The molecule has 2 nitrogen and oxygen atoms in total. The normalized spacial score (nSPS) is 10.2. The maximum atomic E-state index is 5.32. The Hall–Kier alpha value is -1.35. The maximum Gasteiger partial charge on any atom is 0.128 e. The maximum absolute atomic E-state index is 5.32. The second kappa shape index (κ2) is 4.66. The van der Waals surface area contributed by atoms with Gasteiger partial charge in [0.1, 0.15) is 5.75 Å². The summed E-state index contributed by atoms with van der Waals surface area (Å²) >= 11 is 3.53. The standard InChI is InChI=1S/C13H12BrNO/c1-9-7-11(14)13(15-8-9)10-5-3-4-6-12(10)16-2/h3-8H,1-2H3. The van der Waals surface area contributed by atoms with Gasteiger partial charge < -0.3 is 4.74 Å². The molecule has 0 radical (unpaired) electrons. The summed E-state index contributed by atoms with van der Waals surface area (Å²) in [4.78, 5) is 4.43. The Balaban J connectivity index is 2.58. The summed E-state index contributed by atoms with van der Waals surface area (Å²) in [5.41, 5.74) is 3.03. The van der Waals surface area contributed by atoms with Gasteiger partial charge in [0.2, 0.25) is 0 Å². The average Bonchev–Trinajstić information content (AvgIpc) is 2.29. The summed E-state index contributed by atoms with van der Waals surface area (Å²) in [6.07, 6.45) is 1.85. The molecule has 0 bridgehead atoms. The van der Waals surface area contributed by atoms with Gasteiger partial charge in [-0.2, -0.15) is 0 Å². The van der Waals surface area contributed by atoms with E-state index in [1.807, 2.05) is 37.4 Å². The topological polar surface area (TPSA) is 22.1 Å². The molecule has 0 saturated carbocycles. The van der Waals surface area contributed by atoms with Gasteiger partial charge in [0, 0.05) is 16.2 Å². The molecule has 1 heterocycles. The van der Waals surface area contributed by atoms with E-state index in [-0.39, 0.29) is 0 Å². The van der Waals surface area contributed by atoms with Gasteiger partial charge in [0.05, 0.1) is 12.8 Å². The molecule has 2 rings (SSSR count). The van der Waals surface area contributed by atoms with E-state index in [1.165, 1.54) is 0 Å². The van der Waals surface area contributed by atoms with Crippen LogP contribution in [0.25, 0.3) is 11.3 Å². The molecule has 1 aromatic carbocycles. The van der Waals surface area contributed by atoms with Crippen LogP contribution in [0.5, 0.6) is 5.75 Å². The molecule has 0 spiro atoms. The summed E-state index contributed by atoms with van der Waals surface area (Å²) < 4.78 is 6.31. The van der Waals surface area contributed by atoms with E-state index in [1.54, 1.807) is 7.11 Å². The van der Waals surface area contributed by atoms with E-state index in [0.29, 0.717) is 0 Å². The number of benzene rings is 1. The van der Waals surface area contributed by atoms with Crippen LogP contribution < -0.4 is 4.74 Å². The highest BCUT2D eigenvalue weighted by Gasteiger charge is 2.09. The minimum atomic E-state index is 0.833. The molecule has 2 aromatic rings. The molecule has 0 amide bonds. The van der Waals surface area contributed by atoms with Crippen molar-refractivity contribution in [2.75, 3.05) is 7.11 Å². The van der Waals surface area contributed by atoms with E-state index in [4.69, 9.17) is 4.74 Å². The largest absolute Gasteiger partial charge is 0.496 e. The molecule has 0 aliphatic heterocycles. The lowest BCUT2D eigenvalue weighted by Gasteiger charge is -2.09. The first-order chi connectivity index (χ1) is 7.72. The molecule has 16 heavy (non-hydrogen) atoms. The Kier molecular flexibility index (Phi) is 3.25. The Morgan fingerprint density at radius 2 is 2.00 bits per heavy atom. The first-order valence-corrected chi connectivity index (χ1v) is 5.77. The molecule has 1 aromatic heterocycles. The van der Waals surface area contributed by atoms with Gasteiger partial charge in [-0.15, -0.1) is 0 Å². The van der Waals surface area contributed by atoms with Gasteiger partial charge in [-0.05, 0) is 46.6 Å². The second-order valence-electron chi connectivity index (χ2n) is 3.54. The van der Waals surface area contributed by atoms with Crippen molar-refractivity contribution in [3.05, 3.63) is 46.6 Å². The Bertz CT molecular complexity index is 511. The number of para-hydroxylation sites is 1. The fourth-order valence-corrected chi connectivity index (χ4v) is 2.25. The van der Waals surface area contributed by atoms with Gasteiger partial charge in [-0.3, -0.25) is 4.98 Å². The number of ether oxygens (including phenoxy) is 1. The fourth-order valence-electron chi connectivity index (χ4n) is 1.57. The fraction of sp³-hybridized carbons (Fsp3) is 0.154. The molecular formula is C13H12BrNO. The first kappa shape index (κ1) is 11.1. The summed E-state index contributed by atoms with van der Waals surface area (Å²) in [6.45, 7) is 2.02. The third-order valence-corrected chi connectivity index (χ3v) is 2.94. The number of nitrogens with zero attached hydrogens (tertiary/aromatic N) is 1. The molecule has 0 fully saturated rings. The molecule has 82 valence electrons. The van der Waals surface area contributed by atoms with Crippen molar-refractivity contribution in [3.63, 3.8) is 0 Å². The van der Waals surface area contributed by atoms with Crippen LogP contribution in [0.3, 0.4) is 0 Å². The number of hydrogen-bond donors (Lipinski definition) is 0. The van der Waals surface area contributed by atoms with Gasteiger partial charge in [-0.1, -0.05) is 12.1 Å². The monoisotopic (exact) mass is 277 g/mol. The summed E-state index contributed by atoms with van der Waals surface area (Å²) in [5, 5.41) is 0. The van der Waals surface area contributed by atoms with Crippen molar-refractivity contribution in [1.29, 1.82) is 0 Å². The van der Waals surface area contributed by atoms with Crippen molar-refractivity contribution < 1.29 is 4.74 Å². The Labute approximate surface area is 103 Å². The van der Waals surface area contributed by atoms with E-state index in [9.17, 15) is 0 Å². The minimum Gasteiger partial charge on any atom is -0.496 e. The highest BCUT2D eigenvalue weighted by Crippen LogP contribution is 2.33. The summed E-state index contributed by atoms with van der Waals surface area (Å²) in [5.74, 6) is 0.833. The van der Waals surface area contributed by atoms with Crippen LogP contribution in [0.1, 0.15) is 5.56 Å². The smallest absolute Gasteiger partial charge is 0.128 e. The van der Waals surface area contributed by atoms with Gasteiger partial charge in [-0.25, -0.2) is 0 Å². The number of methoxy groups -OCH3 is 1. The van der Waals surface area contributed by atoms with E-state index >= 15 is 0 Å². The Morgan fingerprint density at radius 3 is 2.69 bits per heavy atom. The van der Waals surface area contributed by atoms with Crippen LogP contribution >= 0.6 is 15.9 Å². The van der Waals surface area contributed by atoms with Crippen molar-refractivity contribution in [3.8, 4) is 17.0 Å². The number of pyridine rings is 1. The van der Waals surface area contributed by atoms with E-state index in [0.717, 1.165) is 27.0 Å². The van der Waals surface area contributed by atoms with Crippen molar-refractivity contribution >= 4 is 15.9 Å². The van der Waals surface area contributed by atoms with Gasteiger partial charge in [0.15, 0.2) is 0 Å². The molecular weight excluding hydrogens is 266 g/mol. The third-order valence-electron chi connectivity index (χ3n) is 2.34. The van der Waals surface area contributed by atoms with Crippen LogP contribution in [0.15, 0.2) is 41.0 Å². The van der Waals surface area contributed by atoms with E-state index < -0.39 is 0 Å². The third kappa shape index (κ3) is 2.09. The quantitative estimate of drug-likeness (QED) is 0.833. The summed E-state index contributed by atoms with van der Waals surface area (Å²) in [6, 6.07) is 9.91. The number of hydrogen-bond acceptors (Lipinski definition) is 2. The van der Waals surface area contributed by atoms with Crippen molar-refractivity contribution in [2.24, 2.45) is 0 Å². The van der Waals surface area contributed by atoms with Crippen molar-refractivity contribution in [2.45, 2.75) is 6.92 Å². The lowest BCUT2D eigenvalue weighted by atomic mass is 10.1. The highest BCUT2D eigenvalue weighted by atomic mass is 79.9. The van der Waals surface area contributed by atoms with Crippen LogP contribution in [0, 0.1) is 6.92 Å². The zero-order valence-electron chi connectivity index (χ0n) is 9.20. The zero-order chi connectivity index (χ0) is 11.5. The first-order valence-electron chi connectivity index (χ1n) is 4.98. The zero-order valence-corrected chi connectivity index (χ0v) is 10.8. The second-order valence-corrected chi connectivity index (χ2v) is 4.40. The molecule has 0 aliphatic rings. The van der Waals surface area contributed by atoms with Gasteiger partial charge >= 0.3 is 0 Å². The molecule has 0 atom stereocenters. The molecule has 3 heteroatoms. The number of aromatic nitrogens is 1. The van der Waals surface area contributed by atoms with Crippen LogP contribution in [-0.2, 0) is 0 Å². The van der Waals surface area contributed by atoms with Gasteiger partial charge in [0.25, 0.3) is 0 Å². The molecule has 0 aliphatic carbocycles. The number of aryl methyl sites for hydroxylation is 1. The summed E-state index contributed by atoms with van der Waals surface area (Å²) in [7, 11) is 1.67. The lowest BCUT2D eigenvalue weighted by Crippen LogP contribution is -1.91. The average molecular weight is 278 g/mol. The lowest BCUT2D eigenvalue weighted by molar-refractivity contribution is 0.416. The highest BCUT2D eigenvalue weighted by molar-refractivity contribution is 9.10.